The van der Waals surface area contributed by atoms with Gasteiger partial charge in [-0.25, -0.2) is 4.39 Å². The molecule has 168 valence electrons. The molecular weight excluding hydrogens is 441 g/mol. The highest BCUT2D eigenvalue weighted by atomic mass is 28.4. The van der Waals surface area contributed by atoms with Gasteiger partial charge in [0.1, 0.15) is 11.9 Å². The largest absolute Gasteiger partial charge is 0.394 e. The minimum absolute atomic E-state index is 0.159. The summed E-state index contributed by atoms with van der Waals surface area (Å²) in [6.45, 7) is 2.11. The topological polar surface area (TPSA) is 42.1 Å². The first-order chi connectivity index (χ1) is 16.6. The molecule has 3 nitrogen and oxygen atoms in total. The van der Waals surface area contributed by atoms with Crippen LogP contribution in [0, 0.1) is 5.82 Å². The second-order valence-electron chi connectivity index (χ2n) is 8.40. The normalized spacial score (nSPS) is 12.5. The van der Waals surface area contributed by atoms with Crippen LogP contribution in [-0.4, -0.2) is 19.1 Å². The first-order valence-electron chi connectivity index (χ1n) is 11.2. The Morgan fingerprint density at radius 1 is 0.794 bits per heavy atom. The molecule has 0 aliphatic rings. The molecule has 0 unspecified atom stereocenters. The molecule has 0 bridgehead atoms. The number of nitrogens with one attached hydrogen (secondary N) is 1. The lowest BCUT2D eigenvalue weighted by molar-refractivity contribution is 0.0788. The third-order valence-electron chi connectivity index (χ3n) is 6.28. The van der Waals surface area contributed by atoms with Crippen molar-refractivity contribution in [2.75, 3.05) is 0 Å². The molecule has 4 aromatic carbocycles. The van der Waals surface area contributed by atoms with E-state index >= 15 is 0 Å². The first kappa shape index (κ1) is 22.0. The SMILES string of the molecule is C[Si](O[C@H](C(=O)c1ccccc1)c1ccc(F)c2cc[nH]c12)(c1ccccc1)c1ccccc1. The van der Waals surface area contributed by atoms with E-state index in [0.717, 1.165) is 10.4 Å². The van der Waals surface area contributed by atoms with Gasteiger partial charge in [0.15, 0.2) is 5.78 Å². The van der Waals surface area contributed by atoms with E-state index in [2.05, 4.69) is 35.8 Å². The zero-order valence-electron chi connectivity index (χ0n) is 18.7. The summed E-state index contributed by atoms with van der Waals surface area (Å²) in [4.78, 5) is 17.1. The van der Waals surface area contributed by atoms with Crippen molar-refractivity contribution < 1.29 is 13.6 Å². The zero-order chi connectivity index (χ0) is 23.5. The molecule has 0 aliphatic carbocycles. The zero-order valence-corrected chi connectivity index (χ0v) is 19.7. The van der Waals surface area contributed by atoms with Gasteiger partial charge in [-0.05, 0) is 29.1 Å². The van der Waals surface area contributed by atoms with Crippen molar-refractivity contribution in [3.05, 3.63) is 132 Å². The number of rotatable bonds is 7. The van der Waals surface area contributed by atoms with Crippen LogP contribution in [0.1, 0.15) is 22.0 Å². The maximum Gasteiger partial charge on any atom is 0.254 e. The lowest BCUT2D eigenvalue weighted by Gasteiger charge is -2.33. The molecule has 0 aliphatic heterocycles. The van der Waals surface area contributed by atoms with Crippen LogP contribution in [0.2, 0.25) is 6.55 Å². The van der Waals surface area contributed by atoms with E-state index in [0.29, 0.717) is 22.0 Å². The summed E-state index contributed by atoms with van der Waals surface area (Å²) in [6.07, 6.45) is 0.771. The van der Waals surface area contributed by atoms with Crippen molar-refractivity contribution in [1.82, 2.24) is 4.98 Å². The highest BCUT2D eigenvalue weighted by Gasteiger charge is 2.40. The van der Waals surface area contributed by atoms with Crippen molar-refractivity contribution >= 4 is 35.4 Å². The van der Waals surface area contributed by atoms with Gasteiger partial charge >= 0.3 is 0 Å². The van der Waals surface area contributed by atoms with Gasteiger partial charge in [-0.15, -0.1) is 0 Å². The van der Waals surface area contributed by atoms with Crippen molar-refractivity contribution in [3.8, 4) is 0 Å². The van der Waals surface area contributed by atoms with Crippen LogP contribution in [0.3, 0.4) is 0 Å². The van der Waals surface area contributed by atoms with Crippen molar-refractivity contribution in [2.24, 2.45) is 0 Å². The number of ketones is 1. The minimum Gasteiger partial charge on any atom is -0.394 e. The Hall–Kier alpha value is -3.80. The number of halogens is 1. The van der Waals surface area contributed by atoms with Gasteiger partial charge < -0.3 is 9.41 Å². The third kappa shape index (κ3) is 4.00. The maximum atomic E-state index is 14.5. The molecule has 0 saturated carbocycles. The van der Waals surface area contributed by atoms with Gasteiger partial charge in [0, 0.05) is 22.7 Å². The molecule has 34 heavy (non-hydrogen) atoms. The number of H-pyrrole nitrogens is 1. The van der Waals surface area contributed by atoms with Crippen LogP contribution < -0.4 is 10.4 Å². The van der Waals surface area contributed by atoms with Crippen LogP contribution in [0.25, 0.3) is 10.9 Å². The molecule has 1 N–H and O–H groups in total. The third-order valence-corrected chi connectivity index (χ3v) is 9.86. The average molecular weight is 466 g/mol. The first-order valence-corrected chi connectivity index (χ1v) is 13.6. The van der Waals surface area contributed by atoms with Gasteiger partial charge in [0.05, 0.1) is 5.52 Å². The molecule has 5 aromatic rings. The van der Waals surface area contributed by atoms with Crippen LogP contribution >= 0.6 is 0 Å². The van der Waals surface area contributed by atoms with E-state index in [-0.39, 0.29) is 11.6 Å². The second kappa shape index (κ2) is 9.21. The van der Waals surface area contributed by atoms with Crippen LogP contribution in [-0.2, 0) is 4.43 Å². The lowest BCUT2D eigenvalue weighted by atomic mass is 9.98. The summed E-state index contributed by atoms with van der Waals surface area (Å²) in [5, 5.41) is 2.54. The van der Waals surface area contributed by atoms with Crippen molar-refractivity contribution in [3.63, 3.8) is 0 Å². The summed E-state index contributed by atoms with van der Waals surface area (Å²) in [5.41, 5.74) is 1.75. The number of aromatic amines is 1. The van der Waals surface area contributed by atoms with E-state index in [4.69, 9.17) is 4.43 Å². The summed E-state index contributed by atoms with van der Waals surface area (Å²) < 4.78 is 21.5. The molecule has 0 amide bonds. The molecular formula is C29H24FNO2Si. The Morgan fingerprint density at radius 2 is 1.35 bits per heavy atom. The predicted octanol–water partition coefficient (Wildman–Crippen LogP) is 5.64. The smallest absolute Gasteiger partial charge is 0.254 e. The second-order valence-corrected chi connectivity index (χ2v) is 11.9. The van der Waals surface area contributed by atoms with E-state index < -0.39 is 14.4 Å². The Balaban J connectivity index is 1.70. The number of benzene rings is 4. The van der Waals surface area contributed by atoms with Crippen LogP contribution in [0.4, 0.5) is 4.39 Å². The molecule has 1 heterocycles. The molecule has 0 fully saturated rings. The molecule has 5 heteroatoms. The predicted molar refractivity (Wildman–Crippen MR) is 137 cm³/mol. The number of carbonyl (C=O) groups is 1. The molecule has 0 radical (unpaired) electrons. The number of hydrogen-bond donors (Lipinski definition) is 1. The van der Waals surface area contributed by atoms with Crippen molar-refractivity contribution in [1.29, 1.82) is 0 Å². The quantitative estimate of drug-likeness (QED) is 0.250. The van der Waals surface area contributed by atoms with E-state index in [9.17, 15) is 9.18 Å². The molecule has 0 saturated heterocycles. The molecule has 5 rings (SSSR count). The standard InChI is InChI=1S/C29H24FNO2Si/c1-34(22-13-7-3-8-14-22,23-15-9-4-10-16-23)33-29(28(32)21-11-5-2-6-12-21)25-17-18-26(30)24-19-20-31-27(24)25/h2-20,29,31H,1H3/t29-/m0/s1. The highest BCUT2D eigenvalue weighted by Crippen LogP contribution is 2.32. The van der Waals surface area contributed by atoms with E-state index in [1.807, 2.05) is 54.6 Å². The number of fused-ring (bicyclic) bond motifs is 1. The van der Waals surface area contributed by atoms with Gasteiger partial charge in [0.25, 0.3) is 8.32 Å². The van der Waals surface area contributed by atoms with Crippen LogP contribution in [0.5, 0.6) is 0 Å². The maximum absolute atomic E-state index is 14.5. The Morgan fingerprint density at radius 3 is 1.94 bits per heavy atom. The molecule has 1 aromatic heterocycles. The fourth-order valence-corrected chi connectivity index (χ4v) is 7.39. The summed E-state index contributed by atoms with van der Waals surface area (Å²) >= 11 is 0. The number of aromatic nitrogens is 1. The van der Waals surface area contributed by atoms with Gasteiger partial charge in [0.2, 0.25) is 0 Å². The summed E-state index contributed by atoms with van der Waals surface area (Å²) in [5.74, 6) is -0.495. The molecule has 0 spiro atoms. The number of hydrogen-bond acceptors (Lipinski definition) is 2. The highest BCUT2D eigenvalue weighted by molar-refractivity contribution is 6.96. The van der Waals surface area contributed by atoms with Crippen LogP contribution in [0.15, 0.2) is 115 Å². The average Bonchev–Trinajstić information content (AvgIpc) is 3.40. The van der Waals surface area contributed by atoms with Gasteiger partial charge in [-0.1, -0.05) is 97.1 Å². The lowest BCUT2D eigenvalue weighted by Crippen LogP contribution is -2.59. The van der Waals surface area contributed by atoms with Gasteiger partial charge in [-0.2, -0.15) is 0 Å². The van der Waals surface area contributed by atoms with Crippen molar-refractivity contribution in [2.45, 2.75) is 12.7 Å². The fourth-order valence-electron chi connectivity index (χ4n) is 4.42. The minimum atomic E-state index is -2.85. The number of Topliss-reactive ketones (excluding diaryl/α,β-unsaturated/α-hetero) is 1. The Bertz CT molecular complexity index is 1380. The fraction of sp³-hybridized carbons (Fsp3) is 0.0690. The molecule has 1 atom stereocenters. The Kier molecular flexibility index (Phi) is 5.96. The van der Waals surface area contributed by atoms with E-state index in [1.165, 1.54) is 6.07 Å². The summed E-state index contributed by atoms with van der Waals surface area (Å²) in [6, 6.07) is 34.0. The number of carbonyl (C=O) groups excluding carboxylic acids is 1. The summed E-state index contributed by atoms with van der Waals surface area (Å²) in [7, 11) is -2.85. The van der Waals surface area contributed by atoms with Gasteiger partial charge in [-0.3, -0.25) is 4.79 Å². The monoisotopic (exact) mass is 465 g/mol. The van der Waals surface area contributed by atoms with E-state index in [1.54, 1.807) is 30.5 Å². The Labute approximate surface area is 199 Å².